The number of pyridine rings is 1. The normalized spacial score (nSPS) is 11.2. The zero-order chi connectivity index (χ0) is 18.6. The van der Waals surface area contributed by atoms with Gasteiger partial charge in [-0.1, -0.05) is 12.1 Å². The lowest BCUT2D eigenvalue weighted by Gasteiger charge is -2.08. The van der Waals surface area contributed by atoms with Crippen LogP contribution in [0, 0.1) is 0 Å². The molecule has 0 spiro atoms. The summed E-state index contributed by atoms with van der Waals surface area (Å²) in [6, 6.07) is 8.81. The maximum Gasteiger partial charge on any atom is 0.573 e. The minimum Gasteiger partial charge on any atom is -0.406 e. The average Bonchev–Trinajstić information content (AvgIpc) is 3.03. The maximum absolute atomic E-state index is 12.2. The molecule has 1 amide bonds. The quantitative estimate of drug-likeness (QED) is 0.719. The van der Waals surface area contributed by atoms with E-state index >= 15 is 0 Å². The minimum absolute atomic E-state index is 0.268. The summed E-state index contributed by atoms with van der Waals surface area (Å²) in [6.45, 7) is 0. The Kier molecular flexibility index (Phi) is 5.17. The van der Waals surface area contributed by atoms with Crippen LogP contribution in [0.25, 0.3) is 0 Å². The highest BCUT2D eigenvalue weighted by Crippen LogP contribution is 2.25. The van der Waals surface area contributed by atoms with Gasteiger partial charge in [0.1, 0.15) is 5.75 Å². The van der Waals surface area contributed by atoms with E-state index in [1.165, 1.54) is 35.9 Å². The first-order chi connectivity index (χ1) is 12.4. The second kappa shape index (κ2) is 7.52. The van der Waals surface area contributed by atoms with E-state index in [0.29, 0.717) is 17.1 Å². The number of hydrogen-bond donors (Lipinski definition) is 1. The number of hydrogen-bond acceptors (Lipinski definition) is 5. The zero-order valence-electron chi connectivity index (χ0n) is 13.2. The first-order valence-electron chi connectivity index (χ1n) is 7.40. The Balaban J connectivity index is 1.61. The lowest BCUT2D eigenvalue weighted by molar-refractivity contribution is -0.274. The third-order valence-electron chi connectivity index (χ3n) is 3.25. The predicted octanol–water partition coefficient (Wildman–Crippen LogP) is 4.28. The van der Waals surface area contributed by atoms with Crippen molar-refractivity contribution in [2.24, 2.45) is 0 Å². The number of carbonyl (C=O) groups excluding carboxylic acids is 1. The summed E-state index contributed by atoms with van der Waals surface area (Å²) in [5.74, 6) is -0.558. The van der Waals surface area contributed by atoms with E-state index in [2.05, 4.69) is 20.0 Å². The van der Waals surface area contributed by atoms with E-state index in [4.69, 9.17) is 0 Å². The summed E-state index contributed by atoms with van der Waals surface area (Å²) in [6.07, 6.45) is 0.436. The molecule has 1 aromatic carbocycles. The molecule has 0 aliphatic rings. The Morgan fingerprint density at radius 1 is 1.12 bits per heavy atom. The van der Waals surface area contributed by atoms with E-state index in [1.54, 1.807) is 30.5 Å². The maximum atomic E-state index is 12.2. The Morgan fingerprint density at radius 2 is 1.81 bits per heavy atom. The molecule has 0 aliphatic carbocycles. The van der Waals surface area contributed by atoms with Crippen LogP contribution in [0.5, 0.6) is 5.75 Å². The molecule has 0 radical (unpaired) electrons. The molecular weight excluding hydrogens is 367 g/mol. The second-order valence-electron chi connectivity index (χ2n) is 5.19. The van der Waals surface area contributed by atoms with Gasteiger partial charge in [0.05, 0.1) is 0 Å². The summed E-state index contributed by atoms with van der Waals surface area (Å²) >= 11 is 1.29. The van der Waals surface area contributed by atoms with Crippen molar-refractivity contribution in [1.82, 2.24) is 9.97 Å². The van der Waals surface area contributed by atoms with E-state index in [1.807, 2.05) is 0 Å². The molecule has 2 aromatic heterocycles. The van der Waals surface area contributed by atoms with Crippen LogP contribution < -0.4 is 10.1 Å². The number of carbonyl (C=O) groups is 1. The standard InChI is InChI=1S/C17H12F3N3O2S/c18-17(19,20)25-13-3-1-11(2-4-13)9-14-10-22-16(26-14)23-15(24)12-5-7-21-8-6-12/h1-8,10H,9H2,(H,22,23,24). The van der Waals surface area contributed by atoms with Crippen molar-refractivity contribution in [1.29, 1.82) is 0 Å². The number of alkyl halides is 3. The van der Waals surface area contributed by atoms with E-state index < -0.39 is 6.36 Å². The second-order valence-corrected chi connectivity index (χ2v) is 6.31. The molecule has 0 fully saturated rings. The van der Waals surface area contributed by atoms with Crippen molar-refractivity contribution in [3.8, 4) is 5.75 Å². The van der Waals surface area contributed by atoms with Gasteiger partial charge in [-0.05, 0) is 29.8 Å². The first-order valence-corrected chi connectivity index (χ1v) is 8.21. The van der Waals surface area contributed by atoms with E-state index in [9.17, 15) is 18.0 Å². The smallest absolute Gasteiger partial charge is 0.406 e. The molecule has 1 N–H and O–H groups in total. The number of anilines is 1. The van der Waals surface area contributed by atoms with Gasteiger partial charge >= 0.3 is 6.36 Å². The molecule has 26 heavy (non-hydrogen) atoms. The molecule has 3 rings (SSSR count). The number of ether oxygens (including phenoxy) is 1. The lowest BCUT2D eigenvalue weighted by Crippen LogP contribution is -2.17. The van der Waals surface area contributed by atoms with Gasteiger partial charge in [-0.3, -0.25) is 15.1 Å². The molecule has 3 aromatic rings. The summed E-state index contributed by atoms with van der Waals surface area (Å²) in [4.78, 5) is 20.9. The van der Waals surface area contributed by atoms with Crippen LogP contribution >= 0.6 is 11.3 Å². The van der Waals surface area contributed by atoms with Gasteiger partial charge in [0, 0.05) is 35.5 Å². The number of benzene rings is 1. The third-order valence-corrected chi connectivity index (χ3v) is 4.16. The number of nitrogens with zero attached hydrogens (tertiary/aromatic N) is 2. The van der Waals surface area contributed by atoms with Crippen LogP contribution in [0.3, 0.4) is 0 Å². The number of aromatic nitrogens is 2. The number of amides is 1. The van der Waals surface area contributed by atoms with Gasteiger partial charge in [-0.25, -0.2) is 4.98 Å². The van der Waals surface area contributed by atoms with Crippen molar-refractivity contribution < 1.29 is 22.7 Å². The highest BCUT2D eigenvalue weighted by atomic mass is 32.1. The topological polar surface area (TPSA) is 64.1 Å². The molecule has 134 valence electrons. The number of rotatable bonds is 5. The van der Waals surface area contributed by atoms with Crippen molar-refractivity contribution in [2.75, 3.05) is 5.32 Å². The Morgan fingerprint density at radius 3 is 2.46 bits per heavy atom. The van der Waals surface area contributed by atoms with Crippen LogP contribution in [0.1, 0.15) is 20.8 Å². The summed E-state index contributed by atoms with van der Waals surface area (Å²) < 4.78 is 40.3. The fourth-order valence-electron chi connectivity index (χ4n) is 2.13. The SMILES string of the molecule is O=C(Nc1ncc(Cc2ccc(OC(F)(F)F)cc2)s1)c1ccncc1. The third kappa shape index (κ3) is 5.03. The van der Waals surface area contributed by atoms with Crippen molar-refractivity contribution >= 4 is 22.4 Å². The minimum atomic E-state index is -4.71. The molecule has 0 atom stereocenters. The molecule has 0 bridgehead atoms. The van der Waals surface area contributed by atoms with Gasteiger partial charge < -0.3 is 4.74 Å². The number of nitrogens with one attached hydrogen (secondary N) is 1. The lowest BCUT2D eigenvalue weighted by atomic mass is 10.1. The van der Waals surface area contributed by atoms with E-state index in [-0.39, 0.29) is 11.7 Å². The molecule has 0 saturated carbocycles. The fraction of sp³-hybridized carbons (Fsp3) is 0.118. The van der Waals surface area contributed by atoms with Crippen LogP contribution in [0.2, 0.25) is 0 Å². The van der Waals surface area contributed by atoms with Crippen LogP contribution in [0.15, 0.2) is 55.0 Å². The van der Waals surface area contributed by atoms with Crippen molar-refractivity contribution in [2.45, 2.75) is 12.8 Å². The number of halogens is 3. The van der Waals surface area contributed by atoms with Crippen LogP contribution in [-0.4, -0.2) is 22.2 Å². The van der Waals surface area contributed by atoms with E-state index in [0.717, 1.165) is 10.4 Å². The van der Waals surface area contributed by atoms with Gasteiger partial charge in [-0.15, -0.1) is 24.5 Å². The van der Waals surface area contributed by atoms with Crippen LogP contribution in [-0.2, 0) is 6.42 Å². The molecule has 2 heterocycles. The summed E-state index contributed by atoms with van der Waals surface area (Å²) in [5.41, 5.74) is 1.27. The van der Waals surface area contributed by atoms with Crippen molar-refractivity contribution in [3.63, 3.8) is 0 Å². The summed E-state index contributed by atoms with van der Waals surface area (Å²) in [5, 5.41) is 3.14. The highest BCUT2D eigenvalue weighted by molar-refractivity contribution is 7.15. The van der Waals surface area contributed by atoms with Gasteiger partial charge in [0.15, 0.2) is 5.13 Å². The molecule has 0 unspecified atom stereocenters. The molecular formula is C17H12F3N3O2S. The van der Waals surface area contributed by atoms with Crippen molar-refractivity contribution in [3.05, 3.63) is 71.0 Å². The summed E-state index contributed by atoms with van der Waals surface area (Å²) in [7, 11) is 0. The predicted molar refractivity (Wildman–Crippen MR) is 90.2 cm³/mol. The molecule has 5 nitrogen and oxygen atoms in total. The Bertz CT molecular complexity index is 880. The largest absolute Gasteiger partial charge is 0.573 e. The first kappa shape index (κ1) is 17.9. The highest BCUT2D eigenvalue weighted by Gasteiger charge is 2.30. The fourth-order valence-corrected chi connectivity index (χ4v) is 2.97. The van der Waals surface area contributed by atoms with Crippen LogP contribution in [0.4, 0.5) is 18.3 Å². The Labute approximate surface area is 150 Å². The van der Waals surface area contributed by atoms with Gasteiger partial charge in [-0.2, -0.15) is 0 Å². The molecule has 9 heteroatoms. The zero-order valence-corrected chi connectivity index (χ0v) is 14.0. The van der Waals surface area contributed by atoms with Gasteiger partial charge in [0.25, 0.3) is 5.91 Å². The van der Waals surface area contributed by atoms with Gasteiger partial charge in [0.2, 0.25) is 0 Å². The monoisotopic (exact) mass is 379 g/mol. The Hall–Kier alpha value is -2.94. The number of thiazole rings is 1. The average molecular weight is 379 g/mol. The molecule has 0 saturated heterocycles. The molecule has 0 aliphatic heterocycles.